The molecule has 1 aliphatic carbocycles. The van der Waals surface area contributed by atoms with E-state index in [2.05, 4.69) is 38.3 Å². The molecule has 1 aliphatic rings. The van der Waals surface area contributed by atoms with Crippen LogP contribution in [0.15, 0.2) is 29.0 Å². The van der Waals surface area contributed by atoms with Crippen LogP contribution in [0.1, 0.15) is 30.7 Å². The third-order valence-electron chi connectivity index (χ3n) is 4.27. The first-order valence-corrected chi connectivity index (χ1v) is 7.62. The Morgan fingerprint density at radius 2 is 2.24 bits per heavy atom. The molecule has 1 aromatic heterocycles. The Labute approximate surface area is 131 Å². The zero-order valence-electron chi connectivity index (χ0n) is 11.8. The third kappa shape index (κ3) is 2.32. The second kappa shape index (κ2) is 5.15. The quantitative estimate of drug-likeness (QED) is 0.867. The van der Waals surface area contributed by atoms with Gasteiger partial charge in [0.05, 0.1) is 11.5 Å². The Bertz CT molecular complexity index is 689. The Hall–Kier alpha value is -1.87. The van der Waals surface area contributed by atoms with Gasteiger partial charge in [-0.2, -0.15) is 5.26 Å². The second-order valence-electron chi connectivity index (χ2n) is 5.76. The summed E-state index contributed by atoms with van der Waals surface area (Å²) in [5.74, 6) is 1.35. The maximum Gasteiger partial charge on any atom is 0.143 e. The number of anilines is 1. The van der Waals surface area contributed by atoms with Crippen LogP contribution in [-0.4, -0.2) is 14.8 Å². The molecule has 2 aromatic rings. The lowest BCUT2D eigenvalue weighted by Gasteiger charge is -2.46. The van der Waals surface area contributed by atoms with E-state index in [-0.39, 0.29) is 5.41 Å². The Balaban J connectivity index is 2.06. The molecule has 0 bridgehead atoms. The summed E-state index contributed by atoms with van der Waals surface area (Å²) in [7, 11) is 1.95. The normalized spacial score (nSPS) is 24.3. The molecule has 6 heteroatoms. The van der Waals surface area contributed by atoms with Crippen LogP contribution in [0.3, 0.4) is 0 Å². The third-order valence-corrected chi connectivity index (χ3v) is 4.72. The van der Waals surface area contributed by atoms with E-state index in [4.69, 9.17) is 11.0 Å². The van der Waals surface area contributed by atoms with Gasteiger partial charge in [-0.1, -0.05) is 15.9 Å². The fraction of sp³-hybridized carbons (Fsp3) is 0.400. The van der Waals surface area contributed by atoms with Crippen molar-refractivity contribution in [3.8, 4) is 6.07 Å². The van der Waals surface area contributed by atoms with Crippen molar-refractivity contribution in [3.63, 3.8) is 0 Å². The number of nitrogen functional groups attached to an aromatic ring is 1. The van der Waals surface area contributed by atoms with Gasteiger partial charge >= 0.3 is 0 Å². The van der Waals surface area contributed by atoms with Gasteiger partial charge in [0.15, 0.2) is 0 Å². The Morgan fingerprint density at radius 1 is 1.48 bits per heavy atom. The van der Waals surface area contributed by atoms with Gasteiger partial charge in [-0.15, -0.1) is 10.2 Å². The predicted molar refractivity (Wildman–Crippen MR) is 83.3 cm³/mol. The number of rotatable bonds is 3. The molecule has 0 atom stereocenters. The number of nitrogens with zero attached hydrogens (tertiary/aromatic N) is 4. The van der Waals surface area contributed by atoms with Crippen LogP contribution in [0.25, 0.3) is 0 Å². The van der Waals surface area contributed by atoms with Gasteiger partial charge in [0, 0.05) is 23.6 Å². The maximum atomic E-state index is 8.91. The summed E-state index contributed by atoms with van der Waals surface area (Å²) in [4.78, 5) is 0. The molecule has 21 heavy (non-hydrogen) atoms. The highest BCUT2D eigenvalue weighted by molar-refractivity contribution is 9.10. The fourth-order valence-corrected chi connectivity index (χ4v) is 3.86. The second-order valence-corrected chi connectivity index (χ2v) is 6.67. The van der Waals surface area contributed by atoms with Crippen molar-refractivity contribution >= 4 is 21.6 Å². The van der Waals surface area contributed by atoms with Gasteiger partial charge < -0.3 is 10.3 Å². The van der Waals surface area contributed by atoms with Crippen molar-refractivity contribution < 1.29 is 0 Å². The average Bonchev–Trinajstić information content (AvgIpc) is 2.78. The SMILES string of the molecule is Cn1cnnc1C1(c2cc(N)cc(Br)c2)CC(CC#N)C1. The van der Waals surface area contributed by atoms with Crippen molar-refractivity contribution in [1.29, 1.82) is 5.26 Å². The first-order valence-electron chi connectivity index (χ1n) is 6.83. The molecule has 0 radical (unpaired) electrons. The molecule has 1 aromatic carbocycles. The molecule has 0 aliphatic heterocycles. The minimum Gasteiger partial charge on any atom is -0.399 e. The van der Waals surface area contributed by atoms with Crippen molar-refractivity contribution in [2.45, 2.75) is 24.7 Å². The summed E-state index contributed by atoms with van der Waals surface area (Å²) >= 11 is 3.51. The first-order chi connectivity index (χ1) is 10.0. The number of halogens is 1. The van der Waals surface area contributed by atoms with Gasteiger partial charge in [-0.3, -0.25) is 0 Å². The molecule has 0 saturated heterocycles. The molecule has 3 rings (SSSR count). The summed E-state index contributed by atoms with van der Waals surface area (Å²) in [6, 6.07) is 8.25. The van der Waals surface area contributed by atoms with Gasteiger partial charge in [0.1, 0.15) is 12.2 Å². The minimum absolute atomic E-state index is 0.190. The van der Waals surface area contributed by atoms with E-state index in [0.29, 0.717) is 12.3 Å². The summed E-state index contributed by atoms with van der Waals surface area (Å²) in [6.45, 7) is 0. The molecular weight excluding hydrogens is 330 g/mol. The predicted octanol–water partition coefficient (Wildman–Crippen LogP) is 2.77. The van der Waals surface area contributed by atoms with E-state index in [1.54, 1.807) is 6.33 Å². The number of benzene rings is 1. The zero-order chi connectivity index (χ0) is 15.0. The van der Waals surface area contributed by atoms with E-state index < -0.39 is 0 Å². The fourth-order valence-electron chi connectivity index (χ4n) is 3.35. The molecule has 5 nitrogen and oxygen atoms in total. The van der Waals surface area contributed by atoms with Crippen molar-refractivity contribution in [3.05, 3.63) is 40.4 Å². The molecule has 0 spiro atoms. The number of aryl methyl sites for hydroxylation is 1. The lowest BCUT2D eigenvalue weighted by atomic mass is 9.57. The van der Waals surface area contributed by atoms with E-state index in [0.717, 1.165) is 34.4 Å². The van der Waals surface area contributed by atoms with Gasteiger partial charge in [-0.25, -0.2) is 0 Å². The van der Waals surface area contributed by atoms with Crippen LogP contribution in [0.5, 0.6) is 0 Å². The number of hydrogen-bond acceptors (Lipinski definition) is 4. The van der Waals surface area contributed by atoms with Gasteiger partial charge in [0.25, 0.3) is 0 Å². The van der Waals surface area contributed by atoms with E-state index in [1.807, 2.05) is 23.7 Å². The highest BCUT2D eigenvalue weighted by atomic mass is 79.9. The van der Waals surface area contributed by atoms with Crippen molar-refractivity contribution in [1.82, 2.24) is 14.8 Å². The number of hydrogen-bond donors (Lipinski definition) is 1. The molecule has 108 valence electrons. The van der Waals surface area contributed by atoms with Crippen LogP contribution in [0, 0.1) is 17.2 Å². The Kier molecular flexibility index (Phi) is 3.46. The molecular formula is C15H16BrN5. The van der Waals surface area contributed by atoms with Crippen LogP contribution < -0.4 is 5.73 Å². The van der Waals surface area contributed by atoms with Gasteiger partial charge in [-0.05, 0) is 42.5 Å². The number of aromatic nitrogens is 3. The summed E-state index contributed by atoms with van der Waals surface area (Å²) in [6.07, 6.45) is 4.12. The van der Waals surface area contributed by atoms with Crippen LogP contribution >= 0.6 is 15.9 Å². The standard InChI is InChI=1S/C15H16BrN5/c1-21-9-19-20-14(21)15(7-10(8-15)2-3-17)11-4-12(16)6-13(18)5-11/h4-6,9-10H,2,7-8,18H2,1H3. The molecule has 0 amide bonds. The average molecular weight is 346 g/mol. The van der Waals surface area contributed by atoms with E-state index in [9.17, 15) is 0 Å². The van der Waals surface area contributed by atoms with Crippen molar-refractivity contribution in [2.24, 2.45) is 13.0 Å². The number of nitrogens with two attached hydrogens (primary N) is 1. The van der Waals surface area contributed by atoms with E-state index in [1.165, 1.54) is 0 Å². The maximum absolute atomic E-state index is 8.91. The largest absolute Gasteiger partial charge is 0.399 e. The van der Waals surface area contributed by atoms with Gasteiger partial charge in [0.2, 0.25) is 0 Å². The minimum atomic E-state index is -0.190. The molecule has 0 unspecified atom stereocenters. The molecule has 2 N–H and O–H groups in total. The van der Waals surface area contributed by atoms with Crippen LogP contribution in [-0.2, 0) is 12.5 Å². The summed E-state index contributed by atoms with van der Waals surface area (Å²) < 4.78 is 2.92. The molecule has 1 saturated carbocycles. The van der Waals surface area contributed by atoms with Crippen LogP contribution in [0.2, 0.25) is 0 Å². The lowest BCUT2D eigenvalue weighted by molar-refractivity contribution is 0.172. The lowest BCUT2D eigenvalue weighted by Crippen LogP contribution is -2.44. The van der Waals surface area contributed by atoms with Crippen molar-refractivity contribution in [2.75, 3.05) is 5.73 Å². The van der Waals surface area contributed by atoms with E-state index >= 15 is 0 Å². The van der Waals surface area contributed by atoms with Crippen LogP contribution in [0.4, 0.5) is 5.69 Å². The Morgan fingerprint density at radius 3 is 2.81 bits per heavy atom. The highest BCUT2D eigenvalue weighted by Gasteiger charge is 2.49. The topological polar surface area (TPSA) is 80.5 Å². The molecule has 1 fully saturated rings. The monoisotopic (exact) mass is 345 g/mol. The zero-order valence-corrected chi connectivity index (χ0v) is 13.3. The molecule has 1 heterocycles. The smallest absolute Gasteiger partial charge is 0.143 e. The highest BCUT2D eigenvalue weighted by Crippen LogP contribution is 2.53. The summed E-state index contributed by atoms with van der Waals surface area (Å²) in [5, 5.41) is 17.2. The number of nitriles is 1. The first kappa shape index (κ1) is 14.1. The summed E-state index contributed by atoms with van der Waals surface area (Å²) in [5.41, 5.74) is 7.67.